The van der Waals surface area contributed by atoms with E-state index in [0.717, 1.165) is 4.90 Å². The number of hydrogen-bond acceptors (Lipinski definition) is 4. The molecule has 0 radical (unpaired) electrons. The van der Waals surface area contributed by atoms with E-state index < -0.39 is 29.4 Å². The maximum atomic E-state index is 11.6. The van der Waals surface area contributed by atoms with Gasteiger partial charge in [-0.05, 0) is 20.3 Å². The summed E-state index contributed by atoms with van der Waals surface area (Å²) in [4.78, 5) is 46.0. The Morgan fingerprint density at radius 1 is 1.37 bits per heavy atom. The molecule has 0 aromatic heterocycles. The molecule has 0 bridgehead atoms. The van der Waals surface area contributed by atoms with Crippen LogP contribution in [0.5, 0.6) is 0 Å². The molecule has 1 fully saturated rings. The molecule has 1 heterocycles. The van der Waals surface area contributed by atoms with E-state index >= 15 is 0 Å². The van der Waals surface area contributed by atoms with Crippen LogP contribution >= 0.6 is 0 Å². The van der Waals surface area contributed by atoms with E-state index in [2.05, 4.69) is 10.6 Å². The first-order valence-corrected chi connectivity index (χ1v) is 5.86. The number of imide groups is 1. The Morgan fingerprint density at radius 2 is 2.00 bits per heavy atom. The minimum Gasteiger partial charge on any atom is -0.481 e. The Labute approximate surface area is 110 Å². The number of amides is 4. The third kappa shape index (κ3) is 3.67. The fourth-order valence-electron chi connectivity index (χ4n) is 1.63. The van der Waals surface area contributed by atoms with E-state index in [1.807, 2.05) is 0 Å². The quantitative estimate of drug-likeness (QED) is 0.436. The van der Waals surface area contributed by atoms with Crippen molar-refractivity contribution in [2.75, 3.05) is 13.1 Å². The molecule has 1 saturated heterocycles. The molecule has 0 aromatic rings. The van der Waals surface area contributed by atoms with E-state index in [-0.39, 0.29) is 19.5 Å². The Hall–Kier alpha value is -2.12. The standard InChI is InChI=1S/C11H17N3O5/c1-11(2)9(18)13-10(19)14(11)6-7(15)12-5-3-4-8(16)17/h3-6H2,1-2H3,(H,12,15)(H,16,17)(H,13,18,19). The number of carboxylic acid groups (broad SMARTS) is 1. The van der Waals surface area contributed by atoms with Gasteiger partial charge in [-0.25, -0.2) is 4.79 Å². The van der Waals surface area contributed by atoms with E-state index in [4.69, 9.17) is 5.11 Å². The van der Waals surface area contributed by atoms with Gasteiger partial charge in [-0.2, -0.15) is 0 Å². The van der Waals surface area contributed by atoms with Crippen LogP contribution in [0.15, 0.2) is 0 Å². The van der Waals surface area contributed by atoms with Crippen LogP contribution in [-0.4, -0.2) is 52.4 Å². The third-order valence-corrected chi connectivity index (χ3v) is 2.89. The summed E-state index contributed by atoms with van der Waals surface area (Å²) in [5.41, 5.74) is -1.06. The molecule has 1 aliphatic rings. The third-order valence-electron chi connectivity index (χ3n) is 2.89. The van der Waals surface area contributed by atoms with Gasteiger partial charge < -0.3 is 15.3 Å². The number of rotatable bonds is 6. The van der Waals surface area contributed by atoms with Crippen LogP contribution in [-0.2, 0) is 14.4 Å². The van der Waals surface area contributed by atoms with Crippen molar-refractivity contribution in [1.82, 2.24) is 15.5 Å². The first-order chi connectivity index (χ1) is 8.75. The molecule has 4 amide bonds. The maximum Gasteiger partial charge on any atom is 0.325 e. The summed E-state index contributed by atoms with van der Waals surface area (Å²) in [6.07, 6.45) is 0.282. The SMILES string of the molecule is CC1(C)C(=O)NC(=O)N1CC(=O)NCCCC(=O)O. The molecule has 0 atom stereocenters. The Morgan fingerprint density at radius 3 is 2.47 bits per heavy atom. The smallest absolute Gasteiger partial charge is 0.325 e. The second kappa shape index (κ2) is 5.68. The number of hydrogen-bond donors (Lipinski definition) is 3. The predicted molar refractivity (Wildman–Crippen MR) is 64.2 cm³/mol. The van der Waals surface area contributed by atoms with Crippen LogP contribution in [0.1, 0.15) is 26.7 Å². The van der Waals surface area contributed by atoms with Crippen molar-refractivity contribution in [2.45, 2.75) is 32.2 Å². The summed E-state index contributed by atoms with van der Waals surface area (Å²) >= 11 is 0. The molecule has 0 saturated carbocycles. The highest BCUT2D eigenvalue weighted by Crippen LogP contribution is 2.19. The average molecular weight is 271 g/mol. The summed E-state index contributed by atoms with van der Waals surface area (Å²) in [6, 6.07) is -0.601. The normalized spacial score (nSPS) is 17.3. The molecule has 0 aliphatic carbocycles. The second-order valence-electron chi connectivity index (χ2n) is 4.75. The zero-order valence-electron chi connectivity index (χ0n) is 10.9. The number of nitrogens with zero attached hydrogens (tertiary/aromatic N) is 1. The molecular formula is C11H17N3O5. The number of carboxylic acids is 1. The van der Waals surface area contributed by atoms with Gasteiger partial charge in [0.1, 0.15) is 12.1 Å². The number of nitrogens with one attached hydrogen (secondary N) is 2. The topological polar surface area (TPSA) is 116 Å². The first-order valence-electron chi connectivity index (χ1n) is 5.86. The number of carbonyl (C=O) groups is 4. The summed E-state index contributed by atoms with van der Waals surface area (Å²) < 4.78 is 0. The maximum absolute atomic E-state index is 11.6. The lowest BCUT2D eigenvalue weighted by atomic mass is 10.0. The molecule has 1 rings (SSSR count). The number of carbonyl (C=O) groups excluding carboxylic acids is 3. The Balaban J connectivity index is 2.42. The Bertz CT molecular complexity index is 419. The second-order valence-corrected chi connectivity index (χ2v) is 4.75. The van der Waals surface area contributed by atoms with Gasteiger partial charge in [-0.15, -0.1) is 0 Å². The molecule has 0 unspecified atom stereocenters. The summed E-state index contributed by atoms with van der Waals surface area (Å²) in [5.74, 6) is -1.81. The largest absolute Gasteiger partial charge is 0.481 e. The van der Waals surface area contributed by atoms with Gasteiger partial charge in [0.05, 0.1) is 0 Å². The summed E-state index contributed by atoms with van der Waals surface area (Å²) in [7, 11) is 0. The monoisotopic (exact) mass is 271 g/mol. The van der Waals surface area contributed by atoms with Crippen molar-refractivity contribution in [3.05, 3.63) is 0 Å². The molecule has 3 N–H and O–H groups in total. The molecule has 106 valence electrons. The van der Waals surface area contributed by atoms with Gasteiger partial charge in [-0.1, -0.05) is 0 Å². The van der Waals surface area contributed by atoms with Crippen molar-refractivity contribution in [3.8, 4) is 0 Å². The van der Waals surface area contributed by atoms with Gasteiger partial charge in [0.25, 0.3) is 5.91 Å². The molecule has 1 aliphatic heterocycles. The highest BCUT2D eigenvalue weighted by atomic mass is 16.4. The fraction of sp³-hybridized carbons (Fsp3) is 0.636. The van der Waals surface area contributed by atoms with Crippen molar-refractivity contribution in [3.63, 3.8) is 0 Å². The molecule has 19 heavy (non-hydrogen) atoms. The minimum absolute atomic E-state index is 0.0333. The van der Waals surface area contributed by atoms with Gasteiger partial charge >= 0.3 is 12.0 Å². The van der Waals surface area contributed by atoms with Crippen LogP contribution < -0.4 is 10.6 Å². The summed E-state index contributed by atoms with van der Waals surface area (Å²) in [6.45, 7) is 3.07. The van der Waals surface area contributed by atoms with Crippen molar-refractivity contribution in [2.24, 2.45) is 0 Å². The van der Waals surface area contributed by atoms with Crippen LogP contribution in [0, 0.1) is 0 Å². The van der Waals surface area contributed by atoms with Crippen LogP contribution in [0.4, 0.5) is 4.79 Å². The number of aliphatic carboxylic acids is 1. The molecule has 0 spiro atoms. The van der Waals surface area contributed by atoms with Crippen molar-refractivity contribution >= 4 is 23.8 Å². The van der Waals surface area contributed by atoms with E-state index in [0.29, 0.717) is 6.42 Å². The Kier molecular flexibility index (Phi) is 4.47. The zero-order valence-corrected chi connectivity index (χ0v) is 10.9. The van der Waals surface area contributed by atoms with Gasteiger partial charge in [0, 0.05) is 13.0 Å². The van der Waals surface area contributed by atoms with Crippen LogP contribution in [0.2, 0.25) is 0 Å². The van der Waals surface area contributed by atoms with E-state index in [9.17, 15) is 19.2 Å². The lowest BCUT2D eigenvalue weighted by Gasteiger charge is -2.27. The van der Waals surface area contributed by atoms with E-state index in [1.165, 1.54) is 0 Å². The van der Waals surface area contributed by atoms with Crippen LogP contribution in [0.25, 0.3) is 0 Å². The first kappa shape index (κ1) is 14.9. The van der Waals surface area contributed by atoms with Crippen molar-refractivity contribution < 1.29 is 24.3 Å². The lowest BCUT2D eigenvalue weighted by Crippen LogP contribution is -2.49. The van der Waals surface area contributed by atoms with Gasteiger partial charge in [0.2, 0.25) is 5.91 Å². The molecule has 8 heteroatoms. The van der Waals surface area contributed by atoms with Gasteiger partial charge in [-0.3, -0.25) is 19.7 Å². The van der Waals surface area contributed by atoms with E-state index in [1.54, 1.807) is 13.8 Å². The fourth-order valence-corrected chi connectivity index (χ4v) is 1.63. The molecule has 0 aromatic carbocycles. The van der Waals surface area contributed by atoms with Crippen molar-refractivity contribution in [1.29, 1.82) is 0 Å². The average Bonchev–Trinajstić information content (AvgIpc) is 2.47. The molecule has 8 nitrogen and oxygen atoms in total. The van der Waals surface area contributed by atoms with Gasteiger partial charge in [0.15, 0.2) is 0 Å². The highest BCUT2D eigenvalue weighted by molar-refractivity contribution is 6.07. The van der Waals surface area contributed by atoms with Crippen LogP contribution in [0.3, 0.4) is 0 Å². The zero-order chi connectivity index (χ0) is 14.6. The number of urea groups is 1. The summed E-state index contributed by atoms with van der Waals surface area (Å²) in [5, 5.41) is 13.1. The molecular weight excluding hydrogens is 254 g/mol. The highest BCUT2D eigenvalue weighted by Gasteiger charge is 2.46. The predicted octanol–water partition coefficient (Wildman–Crippen LogP) is -0.702. The minimum atomic E-state index is -1.06. The lowest BCUT2D eigenvalue weighted by molar-refractivity contribution is -0.137.